The van der Waals surface area contributed by atoms with Gasteiger partial charge in [-0.3, -0.25) is 4.79 Å². The summed E-state index contributed by atoms with van der Waals surface area (Å²) < 4.78 is 13.4. The van der Waals surface area contributed by atoms with Gasteiger partial charge in [0.2, 0.25) is 5.91 Å². The first-order valence-electron chi connectivity index (χ1n) is 6.80. The molecule has 112 valence electrons. The number of piperidine rings is 1. The molecule has 20 heavy (non-hydrogen) atoms. The van der Waals surface area contributed by atoms with Crippen molar-refractivity contribution in [2.24, 2.45) is 5.41 Å². The molecular weight excluding hydrogens is 279 g/mol. The Morgan fingerprint density at radius 3 is 2.85 bits per heavy atom. The van der Waals surface area contributed by atoms with Gasteiger partial charge in [0.15, 0.2) is 0 Å². The molecule has 1 fully saturated rings. The van der Waals surface area contributed by atoms with E-state index in [2.05, 4.69) is 17.6 Å². The van der Waals surface area contributed by atoms with Crippen molar-refractivity contribution >= 4 is 18.3 Å². The number of nitrogens with one attached hydrogen (secondary N) is 2. The number of hydrogen-bond acceptors (Lipinski definition) is 2. The summed E-state index contributed by atoms with van der Waals surface area (Å²) in [5.41, 5.74) is 0.565. The number of rotatable bonds is 4. The lowest BCUT2D eigenvalue weighted by molar-refractivity contribution is -0.121. The number of benzene rings is 1. The van der Waals surface area contributed by atoms with Gasteiger partial charge in [-0.1, -0.05) is 25.1 Å². The molecule has 1 heterocycles. The fraction of sp³-hybridized carbons (Fsp3) is 0.533. The third-order valence-electron chi connectivity index (χ3n) is 3.71. The van der Waals surface area contributed by atoms with Gasteiger partial charge in [0, 0.05) is 13.1 Å². The SMILES string of the molecule is CC1(CNC(=O)Cc2ccccc2F)CCCNC1.Cl. The zero-order chi connectivity index (χ0) is 13.7. The lowest BCUT2D eigenvalue weighted by Gasteiger charge is -2.34. The van der Waals surface area contributed by atoms with Gasteiger partial charge in [0.1, 0.15) is 5.82 Å². The molecule has 1 aliphatic heterocycles. The van der Waals surface area contributed by atoms with E-state index >= 15 is 0 Å². The van der Waals surface area contributed by atoms with Crippen LogP contribution in [0.4, 0.5) is 4.39 Å². The van der Waals surface area contributed by atoms with Crippen molar-refractivity contribution in [2.75, 3.05) is 19.6 Å². The van der Waals surface area contributed by atoms with E-state index in [4.69, 9.17) is 0 Å². The van der Waals surface area contributed by atoms with Crippen LogP contribution in [0.25, 0.3) is 0 Å². The van der Waals surface area contributed by atoms with Gasteiger partial charge in [-0.25, -0.2) is 4.39 Å². The van der Waals surface area contributed by atoms with Crippen LogP contribution in [0.2, 0.25) is 0 Å². The van der Waals surface area contributed by atoms with Gasteiger partial charge >= 0.3 is 0 Å². The van der Waals surface area contributed by atoms with Crippen LogP contribution in [0.3, 0.4) is 0 Å². The highest BCUT2D eigenvalue weighted by Crippen LogP contribution is 2.24. The molecule has 0 bridgehead atoms. The third-order valence-corrected chi connectivity index (χ3v) is 3.71. The van der Waals surface area contributed by atoms with Gasteiger partial charge in [-0.2, -0.15) is 0 Å². The van der Waals surface area contributed by atoms with E-state index in [-0.39, 0.29) is 36.0 Å². The van der Waals surface area contributed by atoms with Crippen LogP contribution < -0.4 is 10.6 Å². The lowest BCUT2D eigenvalue weighted by Crippen LogP contribution is -2.46. The lowest BCUT2D eigenvalue weighted by atomic mass is 9.83. The maximum atomic E-state index is 13.4. The largest absolute Gasteiger partial charge is 0.355 e. The van der Waals surface area contributed by atoms with Crippen LogP contribution >= 0.6 is 12.4 Å². The Hall–Kier alpha value is -1.13. The number of amides is 1. The second-order valence-electron chi connectivity index (χ2n) is 5.64. The molecule has 1 saturated heterocycles. The minimum atomic E-state index is -0.316. The molecule has 1 atom stereocenters. The fourth-order valence-electron chi connectivity index (χ4n) is 2.46. The Morgan fingerprint density at radius 2 is 2.20 bits per heavy atom. The highest BCUT2D eigenvalue weighted by molar-refractivity contribution is 5.85. The second-order valence-corrected chi connectivity index (χ2v) is 5.64. The molecule has 0 aromatic heterocycles. The maximum absolute atomic E-state index is 13.4. The Balaban J connectivity index is 0.00000200. The topological polar surface area (TPSA) is 41.1 Å². The average Bonchev–Trinajstić information content (AvgIpc) is 2.40. The summed E-state index contributed by atoms with van der Waals surface area (Å²) in [7, 11) is 0. The molecule has 0 aliphatic carbocycles. The minimum absolute atomic E-state index is 0. The zero-order valence-electron chi connectivity index (χ0n) is 11.7. The van der Waals surface area contributed by atoms with Crippen LogP contribution in [0.15, 0.2) is 24.3 Å². The van der Waals surface area contributed by atoms with E-state index in [1.165, 1.54) is 6.07 Å². The van der Waals surface area contributed by atoms with Crippen LogP contribution in [0, 0.1) is 11.2 Å². The molecular formula is C15H22ClFN2O. The molecule has 1 aromatic rings. The van der Waals surface area contributed by atoms with Gasteiger partial charge in [0.05, 0.1) is 6.42 Å². The smallest absolute Gasteiger partial charge is 0.224 e. The van der Waals surface area contributed by atoms with Crippen LogP contribution in [0.1, 0.15) is 25.3 Å². The number of halogens is 2. The number of carbonyl (C=O) groups excluding carboxylic acids is 1. The predicted molar refractivity (Wildman–Crippen MR) is 80.6 cm³/mol. The normalized spacial score (nSPS) is 21.9. The van der Waals surface area contributed by atoms with Crippen molar-refractivity contribution in [3.05, 3.63) is 35.6 Å². The summed E-state index contributed by atoms with van der Waals surface area (Å²) in [5, 5.41) is 6.27. The van der Waals surface area contributed by atoms with Crippen molar-refractivity contribution in [1.29, 1.82) is 0 Å². The van der Waals surface area contributed by atoms with Gasteiger partial charge in [0.25, 0.3) is 0 Å². The van der Waals surface area contributed by atoms with E-state index in [1.807, 2.05) is 0 Å². The van der Waals surface area contributed by atoms with Crippen LogP contribution in [0.5, 0.6) is 0 Å². The molecule has 0 radical (unpaired) electrons. The predicted octanol–water partition coefficient (Wildman–Crippen LogP) is 2.30. The summed E-state index contributed by atoms with van der Waals surface area (Å²) in [6.07, 6.45) is 2.36. The first kappa shape index (κ1) is 16.9. The minimum Gasteiger partial charge on any atom is -0.355 e. The fourth-order valence-corrected chi connectivity index (χ4v) is 2.46. The highest BCUT2D eigenvalue weighted by Gasteiger charge is 2.27. The van der Waals surface area contributed by atoms with Gasteiger partial charge in [-0.05, 0) is 36.4 Å². The molecule has 1 aromatic carbocycles. The number of carbonyl (C=O) groups is 1. The Kier molecular flexibility index (Phi) is 6.43. The van der Waals surface area contributed by atoms with Crippen LogP contribution in [-0.4, -0.2) is 25.5 Å². The molecule has 1 amide bonds. The van der Waals surface area contributed by atoms with Gasteiger partial charge < -0.3 is 10.6 Å². The maximum Gasteiger partial charge on any atom is 0.224 e. The van der Waals surface area contributed by atoms with Crippen molar-refractivity contribution < 1.29 is 9.18 Å². The van der Waals surface area contributed by atoms with E-state index < -0.39 is 0 Å². The summed E-state index contributed by atoms with van der Waals surface area (Å²) in [6.45, 7) is 4.79. The summed E-state index contributed by atoms with van der Waals surface area (Å²) in [4.78, 5) is 11.9. The molecule has 1 unspecified atom stereocenters. The summed E-state index contributed by atoms with van der Waals surface area (Å²) in [5.74, 6) is -0.430. The summed E-state index contributed by atoms with van der Waals surface area (Å²) >= 11 is 0. The molecule has 0 spiro atoms. The standard InChI is InChI=1S/C15H21FN2O.ClH/c1-15(7-4-8-17-10-15)11-18-14(19)9-12-5-2-3-6-13(12)16;/h2-3,5-6,17H,4,7-11H2,1H3,(H,18,19);1H. The van der Waals surface area contributed by atoms with Crippen molar-refractivity contribution in [1.82, 2.24) is 10.6 Å². The molecule has 3 nitrogen and oxygen atoms in total. The van der Waals surface area contributed by atoms with E-state index in [0.29, 0.717) is 12.1 Å². The van der Waals surface area contributed by atoms with Crippen molar-refractivity contribution in [3.63, 3.8) is 0 Å². The number of hydrogen-bond donors (Lipinski definition) is 2. The molecule has 0 saturated carbocycles. The molecule has 2 N–H and O–H groups in total. The van der Waals surface area contributed by atoms with Crippen LogP contribution in [-0.2, 0) is 11.2 Å². The molecule has 5 heteroatoms. The van der Waals surface area contributed by atoms with Crippen molar-refractivity contribution in [2.45, 2.75) is 26.2 Å². The zero-order valence-corrected chi connectivity index (χ0v) is 12.6. The molecule has 1 aliphatic rings. The Bertz CT molecular complexity index is 447. The first-order chi connectivity index (χ1) is 9.09. The van der Waals surface area contributed by atoms with E-state index in [1.54, 1.807) is 18.2 Å². The summed E-state index contributed by atoms with van der Waals surface area (Å²) in [6, 6.07) is 6.41. The average molecular weight is 301 g/mol. The van der Waals surface area contributed by atoms with Gasteiger partial charge in [-0.15, -0.1) is 12.4 Å². The quantitative estimate of drug-likeness (QED) is 0.896. The monoisotopic (exact) mass is 300 g/mol. The van der Waals surface area contributed by atoms with E-state index in [0.717, 1.165) is 25.9 Å². The molecule has 2 rings (SSSR count). The Morgan fingerprint density at radius 1 is 1.45 bits per heavy atom. The first-order valence-corrected chi connectivity index (χ1v) is 6.80. The second kappa shape index (κ2) is 7.60. The van der Waals surface area contributed by atoms with E-state index in [9.17, 15) is 9.18 Å². The Labute approximate surface area is 125 Å². The highest BCUT2D eigenvalue weighted by atomic mass is 35.5. The third kappa shape index (κ3) is 4.76. The van der Waals surface area contributed by atoms with Crippen molar-refractivity contribution in [3.8, 4) is 0 Å².